The summed E-state index contributed by atoms with van der Waals surface area (Å²) in [6.07, 6.45) is 1.10. The number of hydrogen-bond acceptors (Lipinski definition) is 6. The van der Waals surface area contributed by atoms with Crippen LogP contribution in [0, 0.1) is 0 Å². The third-order valence-electron chi connectivity index (χ3n) is 4.41. The smallest absolute Gasteiger partial charge is 0.439 e. The van der Waals surface area contributed by atoms with Gasteiger partial charge in [0.1, 0.15) is 0 Å². The Labute approximate surface area is 163 Å². The first kappa shape index (κ1) is 18.1. The first-order chi connectivity index (χ1) is 14.0. The molecule has 0 bridgehead atoms. The van der Waals surface area contributed by atoms with E-state index < -0.39 is 23.3 Å². The number of nitrogens with zero attached hydrogens (tertiary/aromatic N) is 1. The van der Waals surface area contributed by atoms with Crippen molar-refractivity contribution in [2.45, 2.75) is 0 Å². The van der Waals surface area contributed by atoms with Crippen LogP contribution in [-0.4, -0.2) is 30.0 Å². The lowest BCUT2D eigenvalue weighted by molar-refractivity contribution is -0.672. The van der Waals surface area contributed by atoms with Crippen LogP contribution in [0.1, 0.15) is 26.4 Å². The number of hydrogen-bond donors (Lipinski definition) is 2. The minimum absolute atomic E-state index is 0.152. The van der Waals surface area contributed by atoms with Gasteiger partial charge >= 0.3 is 17.3 Å². The number of rotatable bonds is 4. The molecular formula is C20H14N3O6+. The minimum atomic E-state index is -0.893. The van der Waals surface area contributed by atoms with Crippen molar-refractivity contribution in [3.05, 3.63) is 81.8 Å². The first-order valence-electron chi connectivity index (χ1n) is 8.48. The maximum Gasteiger partial charge on any atom is 0.439 e. The van der Waals surface area contributed by atoms with Crippen LogP contribution in [0.5, 0.6) is 0 Å². The molecule has 3 aromatic rings. The van der Waals surface area contributed by atoms with E-state index in [-0.39, 0.29) is 11.3 Å². The number of nitrogens with one attached hydrogen (secondary N) is 2. The van der Waals surface area contributed by atoms with Gasteiger partial charge in [-0.15, -0.1) is 0 Å². The van der Waals surface area contributed by atoms with Crippen molar-refractivity contribution in [3.8, 4) is 5.69 Å². The maximum atomic E-state index is 12.8. The van der Waals surface area contributed by atoms with Crippen molar-refractivity contribution >= 4 is 28.9 Å². The van der Waals surface area contributed by atoms with Crippen molar-refractivity contribution in [1.29, 1.82) is 0 Å². The van der Waals surface area contributed by atoms with Crippen molar-refractivity contribution in [1.82, 2.24) is 5.27 Å². The Morgan fingerprint density at radius 3 is 2.52 bits per heavy atom. The number of aromatic nitrogens is 2. The molecule has 1 aliphatic heterocycles. The second-order valence-corrected chi connectivity index (χ2v) is 6.13. The van der Waals surface area contributed by atoms with E-state index in [9.17, 15) is 19.2 Å². The Morgan fingerprint density at radius 2 is 1.79 bits per heavy atom. The molecule has 144 valence electrons. The third kappa shape index (κ3) is 3.14. The Balaban J connectivity index is 1.73. The lowest BCUT2D eigenvalue weighted by Gasteiger charge is -1.98. The molecule has 1 aromatic heterocycles. The molecule has 0 saturated carbocycles. The van der Waals surface area contributed by atoms with E-state index in [4.69, 9.17) is 4.52 Å². The predicted octanol–water partition coefficient (Wildman–Crippen LogP) is 1.25. The summed E-state index contributed by atoms with van der Waals surface area (Å²) in [6, 6.07) is 12.9. The second-order valence-electron chi connectivity index (χ2n) is 6.13. The van der Waals surface area contributed by atoms with E-state index in [1.54, 1.807) is 24.3 Å². The Bertz CT molecular complexity index is 1230. The van der Waals surface area contributed by atoms with Gasteiger partial charge < -0.3 is 10.1 Å². The number of anilines is 1. The van der Waals surface area contributed by atoms with Gasteiger partial charge in [-0.05, 0) is 28.2 Å². The number of aromatic amines is 1. The van der Waals surface area contributed by atoms with Gasteiger partial charge in [-0.1, -0.05) is 18.2 Å². The Morgan fingerprint density at radius 1 is 1.07 bits per heavy atom. The van der Waals surface area contributed by atoms with E-state index >= 15 is 0 Å². The molecule has 0 radical (unpaired) electrons. The fourth-order valence-electron chi connectivity index (χ4n) is 3.01. The van der Waals surface area contributed by atoms with Gasteiger partial charge in [-0.3, -0.25) is 14.1 Å². The lowest BCUT2D eigenvalue weighted by Crippen LogP contribution is -2.40. The van der Waals surface area contributed by atoms with Crippen LogP contribution >= 0.6 is 0 Å². The number of para-hydroxylation sites is 1. The Kier molecular flexibility index (Phi) is 4.40. The maximum absolute atomic E-state index is 12.8. The normalized spacial score (nSPS) is 13.8. The number of ketones is 1. The van der Waals surface area contributed by atoms with Crippen LogP contribution < -0.4 is 15.6 Å². The fourth-order valence-corrected chi connectivity index (χ4v) is 3.01. The summed E-state index contributed by atoms with van der Waals surface area (Å²) in [5, 5.41) is 5.01. The summed E-state index contributed by atoms with van der Waals surface area (Å²) in [5.41, 5.74) is 0.775. The molecule has 9 nitrogen and oxygen atoms in total. The monoisotopic (exact) mass is 392 g/mol. The first-order valence-corrected chi connectivity index (χ1v) is 8.48. The van der Waals surface area contributed by atoms with Crippen molar-refractivity contribution in [2.24, 2.45) is 0 Å². The average molecular weight is 392 g/mol. The molecule has 2 aromatic carbocycles. The number of methoxy groups -OCH3 is 1. The Hall–Kier alpha value is -4.27. The van der Waals surface area contributed by atoms with E-state index in [1.807, 2.05) is 0 Å². The molecule has 0 spiro atoms. The van der Waals surface area contributed by atoms with Crippen LogP contribution in [0.25, 0.3) is 11.3 Å². The zero-order chi connectivity index (χ0) is 20.5. The predicted molar refractivity (Wildman–Crippen MR) is 99.6 cm³/mol. The minimum Gasteiger partial charge on any atom is -0.465 e. The SMILES string of the molecule is COC(=O)c1ccc(-[n+]2[nH]oc(=O)c2C(=O)/C=C2/C(=O)Nc3ccccc32)cc1. The molecule has 1 amide bonds. The number of carbonyl (C=O) groups excluding carboxylic acids is 3. The quantitative estimate of drug-likeness (QED) is 0.298. The highest BCUT2D eigenvalue weighted by Gasteiger charge is 2.32. The number of ether oxygens (including phenoxy) is 1. The number of fused-ring (bicyclic) bond motifs is 1. The lowest BCUT2D eigenvalue weighted by atomic mass is 10.1. The van der Waals surface area contributed by atoms with Crippen LogP contribution in [0.15, 0.2) is 63.9 Å². The van der Waals surface area contributed by atoms with Gasteiger partial charge in [-0.25, -0.2) is 9.59 Å². The molecule has 0 fully saturated rings. The summed E-state index contributed by atoms with van der Waals surface area (Å²) in [7, 11) is 1.26. The van der Waals surface area contributed by atoms with E-state index in [0.29, 0.717) is 22.5 Å². The van der Waals surface area contributed by atoms with Gasteiger partial charge in [0.15, 0.2) is 0 Å². The molecule has 0 atom stereocenters. The molecular weight excluding hydrogens is 378 g/mol. The summed E-state index contributed by atoms with van der Waals surface area (Å²) in [6.45, 7) is 0. The van der Waals surface area contributed by atoms with Gasteiger partial charge in [0, 0.05) is 29.5 Å². The highest BCUT2D eigenvalue weighted by Crippen LogP contribution is 2.31. The number of benzene rings is 2. The van der Waals surface area contributed by atoms with Crippen LogP contribution in [0.2, 0.25) is 0 Å². The summed E-state index contributed by atoms with van der Waals surface area (Å²) >= 11 is 0. The van der Waals surface area contributed by atoms with E-state index in [1.165, 1.54) is 31.4 Å². The van der Waals surface area contributed by atoms with Crippen LogP contribution in [-0.2, 0) is 9.53 Å². The highest BCUT2D eigenvalue weighted by atomic mass is 16.5. The van der Waals surface area contributed by atoms with Gasteiger partial charge in [0.25, 0.3) is 11.7 Å². The van der Waals surface area contributed by atoms with E-state index in [0.717, 1.165) is 10.8 Å². The summed E-state index contributed by atoms with van der Waals surface area (Å²) in [4.78, 5) is 48.7. The summed E-state index contributed by atoms with van der Waals surface area (Å²) < 4.78 is 10.6. The van der Waals surface area contributed by atoms with Crippen LogP contribution in [0.4, 0.5) is 5.69 Å². The second kappa shape index (κ2) is 7.04. The molecule has 0 unspecified atom stereocenters. The number of amides is 1. The van der Waals surface area contributed by atoms with Crippen LogP contribution in [0.3, 0.4) is 0 Å². The van der Waals surface area contributed by atoms with Gasteiger partial charge in [0.05, 0.1) is 18.2 Å². The van der Waals surface area contributed by atoms with Gasteiger partial charge in [-0.2, -0.15) is 0 Å². The molecule has 0 aliphatic carbocycles. The molecule has 9 heteroatoms. The zero-order valence-electron chi connectivity index (χ0n) is 15.1. The fraction of sp³-hybridized carbons (Fsp3) is 0.0500. The van der Waals surface area contributed by atoms with E-state index in [2.05, 4.69) is 15.3 Å². The van der Waals surface area contributed by atoms with Crippen molar-refractivity contribution < 1.29 is 28.3 Å². The van der Waals surface area contributed by atoms with Gasteiger partial charge in [0.2, 0.25) is 5.69 Å². The van der Waals surface area contributed by atoms with Crippen molar-refractivity contribution in [2.75, 3.05) is 12.4 Å². The number of carbonyl (C=O) groups is 3. The topological polar surface area (TPSA) is 122 Å². The number of allylic oxidation sites excluding steroid dienone is 1. The van der Waals surface area contributed by atoms with Crippen molar-refractivity contribution in [3.63, 3.8) is 0 Å². The molecule has 0 saturated heterocycles. The molecule has 2 heterocycles. The molecule has 1 aliphatic rings. The largest absolute Gasteiger partial charge is 0.465 e. The molecule has 2 N–H and O–H groups in total. The molecule has 4 rings (SSSR count). The highest BCUT2D eigenvalue weighted by molar-refractivity contribution is 6.34. The average Bonchev–Trinajstić information content (AvgIpc) is 3.27. The number of esters is 1. The third-order valence-corrected chi connectivity index (χ3v) is 4.41. The number of H-pyrrole nitrogens is 1. The summed E-state index contributed by atoms with van der Waals surface area (Å²) in [5.74, 6) is -1.67. The molecule has 29 heavy (non-hydrogen) atoms. The standard InChI is InChI=1S/C20H13N3O6/c1-28-19(26)11-6-8-12(9-7-11)23-17(20(27)29-22-23)16(24)10-14-13-4-2-3-5-15(13)21-18(14)25/h2-10H,1H3,(H-,21,22,24,25,27)/p+1. The zero-order valence-corrected chi connectivity index (χ0v) is 15.1.